The SMILES string of the molecule is C[C@H]1Cc2ccccc2N1C(=O)Nc1cccc(Cl)c1. The van der Waals surface area contributed by atoms with Gasteiger partial charge in [-0.1, -0.05) is 35.9 Å². The Bertz CT molecular complexity index is 656. The Morgan fingerprint density at radius 3 is 2.85 bits per heavy atom. The zero-order chi connectivity index (χ0) is 14.1. The fourth-order valence-corrected chi connectivity index (χ4v) is 2.82. The average Bonchev–Trinajstić information content (AvgIpc) is 2.74. The number of benzene rings is 2. The number of anilines is 2. The van der Waals surface area contributed by atoms with E-state index in [9.17, 15) is 4.79 Å². The number of amides is 2. The van der Waals surface area contributed by atoms with Gasteiger partial charge in [0.25, 0.3) is 0 Å². The number of nitrogens with one attached hydrogen (secondary N) is 1. The number of hydrogen-bond acceptors (Lipinski definition) is 1. The lowest BCUT2D eigenvalue weighted by atomic mass is 10.1. The molecule has 0 aromatic heterocycles. The van der Waals surface area contributed by atoms with E-state index in [2.05, 4.69) is 18.3 Å². The van der Waals surface area contributed by atoms with Gasteiger partial charge >= 0.3 is 6.03 Å². The Kier molecular flexibility index (Phi) is 3.36. The highest BCUT2D eigenvalue weighted by molar-refractivity contribution is 6.30. The summed E-state index contributed by atoms with van der Waals surface area (Å²) in [7, 11) is 0. The second-order valence-corrected chi connectivity index (χ2v) is 5.43. The zero-order valence-corrected chi connectivity index (χ0v) is 11.9. The van der Waals surface area contributed by atoms with Gasteiger partial charge in [0.15, 0.2) is 0 Å². The molecule has 1 N–H and O–H groups in total. The lowest BCUT2D eigenvalue weighted by molar-refractivity contribution is 0.256. The number of rotatable bonds is 1. The van der Waals surface area contributed by atoms with Crippen molar-refractivity contribution in [2.24, 2.45) is 0 Å². The molecule has 1 aliphatic rings. The van der Waals surface area contributed by atoms with Gasteiger partial charge in [-0.3, -0.25) is 4.90 Å². The molecule has 1 heterocycles. The van der Waals surface area contributed by atoms with Crippen molar-refractivity contribution < 1.29 is 4.79 Å². The van der Waals surface area contributed by atoms with Gasteiger partial charge in [-0.2, -0.15) is 0 Å². The number of nitrogens with zero attached hydrogens (tertiary/aromatic N) is 1. The molecule has 20 heavy (non-hydrogen) atoms. The summed E-state index contributed by atoms with van der Waals surface area (Å²) in [5.74, 6) is 0. The summed E-state index contributed by atoms with van der Waals surface area (Å²) in [4.78, 5) is 14.3. The van der Waals surface area contributed by atoms with Crippen LogP contribution in [0.4, 0.5) is 16.2 Å². The van der Waals surface area contributed by atoms with Crippen LogP contribution in [0, 0.1) is 0 Å². The molecule has 1 aliphatic heterocycles. The normalized spacial score (nSPS) is 16.9. The molecule has 2 amide bonds. The van der Waals surface area contributed by atoms with E-state index in [4.69, 9.17) is 11.6 Å². The van der Waals surface area contributed by atoms with Crippen molar-refractivity contribution >= 4 is 29.0 Å². The smallest absolute Gasteiger partial charge is 0.307 e. The summed E-state index contributed by atoms with van der Waals surface area (Å²) in [5.41, 5.74) is 2.90. The summed E-state index contributed by atoms with van der Waals surface area (Å²) in [6, 6.07) is 15.2. The van der Waals surface area contributed by atoms with Crippen LogP contribution in [0.15, 0.2) is 48.5 Å². The van der Waals surface area contributed by atoms with E-state index < -0.39 is 0 Å². The molecule has 0 unspecified atom stereocenters. The molecule has 0 aliphatic carbocycles. The number of para-hydroxylation sites is 1. The average molecular weight is 287 g/mol. The van der Waals surface area contributed by atoms with Crippen LogP contribution in [0.5, 0.6) is 0 Å². The van der Waals surface area contributed by atoms with Crippen LogP contribution < -0.4 is 10.2 Å². The fraction of sp³-hybridized carbons (Fsp3) is 0.188. The molecule has 2 aromatic carbocycles. The first-order valence-corrected chi connectivity index (χ1v) is 6.96. The first kappa shape index (κ1) is 13.0. The Morgan fingerprint density at radius 1 is 1.25 bits per heavy atom. The van der Waals surface area contributed by atoms with Gasteiger partial charge in [0, 0.05) is 22.4 Å². The number of urea groups is 1. The first-order valence-electron chi connectivity index (χ1n) is 6.59. The molecule has 4 heteroatoms. The molecule has 3 rings (SSSR count). The summed E-state index contributed by atoms with van der Waals surface area (Å²) in [6.45, 7) is 2.05. The second-order valence-electron chi connectivity index (χ2n) is 4.99. The highest BCUT2D eigenvalue weighted by Gasteiger charge is 2.30. The van der Waals surface area contributed by atoms with E-state index in [1.165, 1.54) is 5.56 Å². The maximum absolute atomic E-state index is 12.5. The third-order valence-electron chi connectivity index (χ3n) is 3.50. The summed E-state index contributed by atoms with van der Waals surface area (Å²) < 4.78 is 0. The molecule has 0 saturated carbocycles. The largest absolute Gasteiger partial charge is 0.326 e. The molecule has 1 atom stereocenters. The van der Waals surface area contributed by atoms with Gasteiger partial charge in [0.2, 0.25) is 0 Å². The number of carbonyl (C=O) groups excluding carboxylic acids is 1. The van der Waals surface area contributed by atoms with Crippen LogP contribution in [0.3, 0.4) is 0 Å². The van der Waals surface area contributed by atoms with Crippen molar-refractivity contribution in [3.05, 3.63) is 59.1 Å². The molecule has 0 saturated heterocycles. The molecule has 3 nitrogen and oxygen atoms in total. The van der Waals surface area contributed by atoms with Crippen LogP contribution in [-0.2, 0) is 6.42 Å². The maximum Gasteiger partial charge on any atom is 0.326 e. The molecule has 0 radical (unpaired) electrons. The van der Waals surface area contributed by atoms with E-state index in [0.717, 1.165) is 12.1 Å². The minimum absolute atomic E-state index is 0.121. The van der Waals surface area contributed by atoms with Gasteiger partial charge < -0.3 is 5.32 Å². The van der Waals surface area contributed by atoms with Crippen LogP contribution in [0.25, 0.3) is 0 Å². The monoisotopic (exact) mass is 286 g/mol. The van der Waals surface area contributed by atoms with Crippen molar-refractivity contribution in [1.29, 1.82) is 0 Å². The zero-order valence-electron chi connectivity index (χ0n) is 11.1. The van der Waals surface area contributed by atoms with Crippen LogP contribution >= 0.6 is 11.6 Å². The Morgan fingerprint density at radius 2 is 2.05 bits per heavy atom. The van der Waals surface area contributed by atoms with Crippen molar-refractivity contribution in [2.75, 3.05) is 10.2 Å². The Labute approximate surface area is 123 Å². The Balaban J connectivity index is 1.84. The lowest BCUT2D eigenvalue weighted by Crippen LogP contribution is -2.39. The number of fused-ring (bicyclic) bond motifs is 1. The topological polar surface area (TPSA) is 32.3 Å². The van der Waals surface area contributed by atoms with Crippen molar-refractivity contribution in [2.45, 2.75) is 19.4 Å². The van der Waals surface area contributed by atoms with Crippen LogP contribution in [-0.4, -0.2) is 12.1 Å². The molecular weight excluding hydrogens is 272 g/mol. The highest BCUT2D eigenvalue weighted by atomic mass is 35.5. The fourth-order valence-electron chi connectivity index (χ4n) is 2.62. The molecule has 0 bridgehead atoms. The van der Waals surface area contributed by atoms with Gasteiger partial charge in [0.1, 0.15) is 0 Å². The molecule has 0 fully saturated rings. The van der Waals surface area contributed by atoms with Gasteiger partial charge in [-0.25, -0.2) is 4.79 Å². The quantitative estimate of drug-likeness (QED) is 0.832. The van der Waals surface area contributed by atoms with Crippen LogP contribution in [0.1, 0.15) is 12.5 Å². The first-order chi connectivity index (χ1) is 9.65. The molecule has 102 valence electrons. The lowest BCUT2D eigenvalue weighted by Gasteiger charge is -2.23. The predicted molar refractivity (Wildman–Crippen MR) is 82.6 cm³/mol. The maximum atomic E-state index is 12.5. The minimum atomic E-state index is -0.121. The van der Waals surface area contributed by atoms with E-state index in [1.54, 1.807) is 17.0 Å². The second kappa shape index (κ2) is 5.17. The minimum Gasteiger partial charge on any atom is -0.307 e. The van der Waals surface area contributed by atoms with E-state index in [1.807, 2.05) is 30.3 Å². The van der Waals surface area contributed by atoms with Gasteiger partial charge in [-0.05, 0) is 43.2 Å². The Hall–Kier alpha value is -2.00. The third-order valence-corrected chi connectivity index (χ3v) is 3.74. The number of carbonyl (C=O) groups is 1. The van der Waals surface area contributed by atoms with E-state index in [-0.39, 0.29) is 12.1 Å². The van der Waals surface area contributed by atoms with Crippen molar-refractivity contribution in [3.8, 4) is 0 Å². The van der Waals surface area contributed by atoms with Gasteiger partial charge in [-0.15, -0.1) is 0 Å². The standard InChI is InChI=1S/C16H15ClN2O/c1-11-9-12-5-2-3-8-15(12)19(11)16(20)18-14-7-4-6-13(17)10-14/h2-8,10-11H,9H2,1H3,(H,18,20)/t11-/m0/s1. The number of halogens is 1. The van der Waals surface area contributed by atoms with Gasteiger partial charge in [0.05, 0.1) is 0 Å². The van der Waals surface area contributed by atoms with E-state index in [0.29, 0.717) is 10.7 Å². The highest BCUT2D eigenvalue weighted by Crippen LogP contribution is 2.32. The number of hydrogen-bond donors (Lipinski definition) is 1. The van der Waals surface area contributed by atoms with Crippen molar-refractivity contribution in [1.82, 2.24) is 0 Å². The molecule has 2 aromatic rings. The third kappa shape index (κ3) is 2.37. The van der Waals surface area contributed by atoms with E-state index >= 15 is 0 Å². The molecule has 0 spiro atoms. The molecular formula is C16H15ClN2O. The summed E-state index contributed by atoms with van der Waals surface area (Å²) >= 11 is 5.93. The van der Waals surface area contributed by atoms with Crippen LogP contribution in [0.2, 0.25) is 5.02 Å². The summed E-state index contributed by atoms with van der Waals surface area (Å²) in [5, 5.41) is 3.51. The predicted octanol–water partition coefficient (Wildman–Crippen LogP) is 4.32. The van der Waals surface area contributed by atoms with Crippen molar-refractivity contribution in [3.63, 3.8) is 0 Å². The summed E-state index contributed by atoms with van der Waals surface area (Å²) in [6.07, 6.45) is 0.888.